The van der Waals surface area contributed by atoms with Crippen LogP contribution in [-0.4, -0.2) is 33.6 Å². The van der Waals surface area contributed by atoms with Crippen LogP contribution >= 0.6 is 11.6 Å². The summed E-state index contributed by atoms with van der Waals surface area (Å²) >= 11 is 5.93. The van der Waals surface area contributed by atoms with Crippen LogP contribution in [0.2, 0.25) is 5.02 Å². The molecule has 9 heteroatoms. The number of nitrogens with zero attached hydrogens (tertiary/aromatic N) is 2. The van der Waals surface area contributed by atoms with Gasteiger partial charge in [-0.15, -0.1) is 0 Å². The fourth-order valence-electron chi connectivity index (χ4n) is 2.30. The highest BCUT2D eigenvalue weighted by molar-refractivity contribution is 7.96. The van der Waals surface area contributed by atoms with Crippen molar-refractivity contribution in [3.63, 3.8) is 0 Å². The molecule has 0 amide bonds. The van der Waals surface area contributed by atoms with Crippen molar-refractivity contribution < 1.29 is 8.42 Å². The van der Waals surface area contributed by atoms with E-state index in [0.717, 1.165) is 5.70 Å². The van der Waals surface area contributed by atoms with Gasteiger partial charge in [0.25, 0.3) is 0 Å². The third kappa shape index (κ3) is 4.28. The van der Waals surface area contributed by atoms with Gasteiger partial charge in [0.2, 0.25) is 9.84 Å². The summed E-state index contributed by atoms with van der Waals surface area (Å²) in [4.78, 5) is 8.02. The average molecular weight is 382 g/mol. The molecule has 25 heavy (non-hydrogen) atoms. The Bertz CT molecular complexity index is 901. The Labute approximate surface area is 152 Å². The van der Waals surface area contributed by atoms with Crippen LogP contribution in [0, 0.1) is 0 Å². The standard InChI is InChI=1S/C16H20ClN5O2S/c1-10-8-12(6-7-18)22-16(21-10)14(15(19)20-2)25(23,24)13-5-3-4-11(17)9-13/h3-5,8-9,21H,6-7,18H2,1-2H3,(H2,19,20)/b16-14+. The molecule has 0 radical (unpaired) electrons. The van der Waals surface area contributed by atoms with Gasteiger partial charge in [-0.25, -0.2) is 13.4 Å². The van der Waals surface area contributed by atoms with Crippen molar-refractivity contribution in [3.05, 3.63) is 51.8 Å². The molecule has 0 spiro atoms. The van der Waals surface area contributed by atoms with Crippen LogP contribution in [0.1, 0.15) is 13.3 Å². The summed E-state index contributed by atoms with van der Waals surface area (Å²) in [6.45, 7) is 2.19. The molecule has 1 heterocycles. The second-order valence-corrected chi connectivity index (χ2v) is 7.66. The molecule has 0 aliphatic carbocycles. The zero-order chi connectivity index (χ0) is 18.6. The largest absolute Gasteiger partial charge is 0.383 e. The highest BCUT2D eigenvalue weighted by atomic mass is 35.5. The first-order valence-corrected chi connectivity index (χ1v) is 9.36. The highest BCUT2D eigenvalue weighted by Gasteiger charge is 2.29. The van der Waals surface area contributed by atoms with Crippen LogP contribution in [0.25, 0.3) is 0 Å². The van der Waals surface area contributed by atoms with E-state index in [1.54, 1.807) is 25.1 Å². The molecular formula is C16H20ClN5O2S. The summed E-state index contributed by atoms with van der Waals surface area (Å²) in [6.07, 6.45) is 2.31. The Balaban J connectivity index is 2.71. The van der Waals surface area contributed by atoms with Crippen molar-refractivity contribution in [3.8, 4) is 0 Å². The zero-order valence-corrected chi connectivity index (χ0v) is 15.5. The van der Waals surface area contributed by atoms with E-state index in [2.05, 4.69) is 15.3 Å². The van der Waals surface area contributed by atoms with Crippen LogP contribution in [0.4, 0.5) is 0 Å². The highest BCUT2D eigenvalue weighted by Crippen LogP contribution is 2.26. The van der Waals surface area contributed by atoms with Crippen molar-refractivity contribution in [1.82, 2.24) is 5.32 Å². The van der Waals surface area contributed by atoms with Gasteiger partial charge >= 0.3 is 0 Å². The van der Waals surface area contributed by atoms with Crippen LogP contribution in [0.5, 0.6) is 0 Å². The molecule has 1 aromatic rings. The van der Waals surface area contributed by atoms with E-state index in [0.29, 0.717) is 23.7 Å². The molecule has 0 fully saturated rings. The van der Waals surface area contributed by atoms with Crippen molar-refractivity contribution in [2.24, 2.45) is 21.5 Å². The Kier molecular flexibility index (Phi) is 5.99. The maximum atomic E-state index is 13.1. The van der Waals surface area contributed by atoms with Gasteiger partial charge in [0.05, 0.1) is 4.90 Å². The van der Waals surface area contributed by atoms with Crippen molar-refractivity contribution >= 4 is 33.0 Å². The van der Waals surface area contributed by atoms with Crippen molar-refractivity contribution in [2.75, 3.05) is 13.6 Å². The SMILES string of the molecule is CN=C(N)/C(=C1\N=C(CCN)C=C(C)N1)S(=O)(=O)c1cccc(Cl)c1. The lowest BCUT2D eigenvalue weighted by Gasteiger charge is -2.19. The van der Waals surface area contributed by atoms with Gasteiger partial charge in [0, 0.05) is 29.9 Å². The number of rotatable bonds is 5. The van der Waals surface area contributed by atoms with Gasteiger partial charge in [-0.05, 0) is 37.7 Å². The molecule has 5 N–H and O–H groups in total. The van der Waals surface area contributed by atoms with E-state index in [4.69, 9.17) is 23.1 Å². The fourth-order valence-corrected chi connectivity index (χ4v) is 4.05. The van der Waals surface area contributed by atoms with Crippen LogP contribution in [0.15, 0.2) is 61.6 Å². The van der Waals surface area contributed by atoms with Gasteiger partial charge < -0.3 is 16.8 Å². The molecule has 134 valence electrons. The topological polar surface area (TPSA) is 123 Å². The van der Waals surface area contributed by atoms with E-state index in [9.17, 15) is 8.42 Å². The van der Waals surface area contributed by atoms with E-state index in [1.165, 1.54) is 19.2 Å². The van der Waals surface area contributed by atoms with Gasteiger partial charge in [-0.1, -0.05) is 17.7 Å². The summed E-state index contributed by atoms with van der Waals surface area (Å²) < 4.78 is 26.2. The number of nitrogens with one attached hydrogen (secondary N) is 1. The van der Waals surface area contributed by atoms with Gasteiger partial charge in [0.15, 0.2) is 10.7 Å². The predicted octanol–water partition coefficient (Wildman–Crippen LogP) is 1.57. The number of sulfone groups is 1. The molecule has 0 unspecified atom stereocenters. The van der Waals surface area contributed by atoms with E-state index >= 15 is 0 Å². The minimum Gasteiger partial charge on any atom is -0.383 e. The third-order valence-electron chi connectivity index (χ3n) is 3.42. The normalized spacial score (nSPS) is 17.5. The summed E-state index contributed by atoms with van der Waals surface area (Å²) in [5.74, 6) is -0.0282. The maximum absolute atomic E-state index is 13.1. The first-order chi connectivity index (χ1) is 11.8. The number of allylic oxidation sites excluding steroid dienone is 2. The summed E-state index contributed by atoms with van der Waals surface area (Å²) in [6, 6.07) is 5.95. The summed E-state index contributed by atoms with van der Waals surface area (Å²) in [7, 11) is -2.57. The minimum absolute atomic E-state index is 0.0127. The van der Waals surface area contributed by atoms with Crippen LogP contribution in [0.3, 0.4) is 0 Å². The number of amidine groups is 1. The average Bonchev–Trinajstić information content (AvgIpc) is 2.54. The molecule has 1 aliphatic rings. The molecular weight excluding hydrogens is 362 g/mol. The molecule has 0 saturated heterocycles. The molecule has 0 saturated carbocycles. The fraction of sp³-hybridized carbons (Fsp3) is 0.250. The van der Waals surface area contributed by atoms with Crippen molar-refractivity contribution in [1.29, 1.82) is 0 Å². The van der Waals surface area contributed by atoms with E-state index in [-0.39, 0.29) is 21.5 Å². The Morgan fingerprint density at radius 2 is 2.12 bits per heavy atom. The van der Waals surface area contributed by atoms with Crippen molar-refractivity contribution in [2.45, 2.75) is 18.2 Å². The van der Waals surface area contributed by atoms with Gasteiger partial charge in [-0.2, -0.15) is 0 Å². The predicted molar refractivity (Wildman–Crippen MR) is 101 cm³/mol. The molecule has 0 aromatic heterocycles. The second kappa shape index (κ2) is 7.81. The molecule has 1 aliphatic heterocycles. The smallest absolute Gasteiger partial charge is 0.213 e. The van der Waals surface area contributed by atoms with Crippen LogP contribution in [-0.2, 0) is 9.84 Å². The second-order valence-electron chi connectivity index (χ2n) is 5.34. The lowest BCUT2D eigenvalue weighted by Crippen LogP contribution is -2.29. The third-order valence-corrected chi connectivity index (χ3v) is 5.47. The number of benzene rings is 1. The lowest BCUT2D eigenvalue weighted by atomic mass is 10.2. The van der Waals surface area contributed by atoms with Gasteiger partial charge in [0.1, 0.15) is 5.84 Å². The Morgan fingerprint density at radius 1 is 1.40 bits per heavy atom. The molecule has 0 bridgehead atoms. The zero-order valence-electron chi connectivity index (χ0n) is 14.0. The number of halogens is 1. The van der Waals surface area contributed by atoms with E-state index < -0.39 is 9.84 Å². The maximum Gasteiger partial charge on any atom is 0.213 e. The Morgan fingerprint density at radius 3 is 2.72 bits per heavy atom. The molecule has 1 aromatic carbocycles. The molecule has 7 nitrogen and oxygen atoms in total. The quantitative estimate of drug-likeness (QED) is 0.527. The number of aliphatic imine (C=N–C) groups is 2. The number of hydrogen-bond acceptors (Lipinski definition) is 6. The summed E-state index contributed by atoms with van der Waals surface area (Å²) in [5.41, 5.74) is 12.9. The van der Waals surface area contributed by atoms with E-state index in [1.807, 2.05) is 0 Å². The Hall–Kier alpha value is -2.16. The molecule has 0 atom stereocenters. The lowest BCUT2D eigenvalue weighted by molar-refractivity contribution is 0.602. The number of hydrogen-bond donors (Lipinski definition) is 3. The first kappa shape index (κ1) is 19.2. The monoisotopic (exact) mass is 381 g/mol. The molecule has 2 rings (SSSR count). The number of nitrogens with two attached hydrogens (primary N) is 2. The minimum atomic E-state index is -3.98. The summed E-state index contributed by atoms with van der Waals surface area (Å²) in [5, 5.41) is 3.25. The first-order valence-electron chi connectivity index (χ1n) is 7.50. The van der Waals surface area contributed by atoms with Gasteiger partial charge in [-0.3, -0.25) is 4.99 Å². The van der Waals surface area contributed by atoms with Crippen LogP contribution < -0.4 is 16.8 Å².